The van der Waals surface area contributed by atoms with Crippen molar-refractivity contribution in [1.82, 2.24) is 5.32 Å². The molecule has 9 heteroatoms. The minimum absolute atomic E-state index is 0.0456. The summed E-state index contributed by atoms with van der Waals surface area (Å²) in [6.45, 7) is 0. The SMILES string of the molecule is COc1cc(/C=C(\NC(=O)c2ccccc2)C(=O)Nc2ccccc2)c([N+](=O)[O-])cc1OC. The molecule has 2 N–H and O–H groups in total. The van der Waals surface area contributed by atoms with Gasteiger partial charge in [-0.2, -0.15) is 0 Å². The van der Waals surface area contributed by atoms with Crippen molar-refractivity contribution in [2.75, 3.05) is 19.5 Å². The lowest BCUT2D eigenvalue weighted by molar-refractivity contribution is -0.385. The molecule has 0 aliphatic heterocycles. The van der Waals surface area contributed by atoms with Crippen LogP contribution in [0.15, 0.2) is 78.5 Å². The molecule has 9 nitrogen and oxygen atoms in total. The van der Waals surface area contributed by atoms with Crippen LogP contribution in [0.5, 0.6) is 11.5 Å². The zero-order valence-electron chi connectivity index (χ0n) is 17.9. The van der Waals surface area contributed by atoms with Crippen LogP contribution in [0.3, 0.4) is 0 Å². The number of nitro benzene ring substituents is 1. The first-order valence-corrected chi connectivity index (χ1v) is 9.78. The maximum absolute atomic E-state index is 13.0. The van der Waals surface area contributed by atoms with Crippen LogP contribution in [0.1, 0.15) is 15.9 Å². The normalized spacial score (nSPS) is 10.8. The van der Waals surface area contributed by atoms with Crippen LogP contribution in [-0.4, -0.2) is 31.0 Å². The van der Waals surface area contributed by atoms with Crippen molar-refractivity contribution in [3.63, 3.8) is 0 Å². The second-order valence-corrected chi connectivity index (χ2v) is 6.72. The summed E-state index contributed by atoms with van der Waals surface area (Å²) in [7, 11) is 2.74. The van der Waals surface area contributed by atoms with Crippen LogP contribution >= 0.6 is 0 Å². The molecule has 0 saturated heterocycles. The molecule has 0 aromatic heterocycles. The number of para-hydroxylation sites is 1. The third-order valence-electron chi connectivity index (χ3n) is 4.59. The van der Waals surface area contributed by atoms with Gasteiger partial charge < -0.3 is 20.1 Å². The number of nitro groups is 1. The molecule has 3 rings (SSSR count). The lowest BCUT2D eigenvalue weighted by atomic mass is 10.1. The van der Waals surface area contributed by atoms with Crippen molar-refractivity contribution >= 4 is 29.3 Å². The number of hydrogen-bond acceptors (Lipinski definition) is 6. The van der Waals surface area contributed by atoms with Crippen molar-refractivity contribution in [2.24, 2.45) is 0 Å². The molecular weight excluding hydrogens is 426 g/mol. The van der Waals surface area contributed by atoms with Gasteiger partial charge >= 0.3 is 0 Å². The Balaban J connectivity index is 2.07. The minimum atomic E-state index is -0.658. The van der Waals surface area contributed by atoms with Crippen LogP contribution in [0.25, 0.3) is 6.08 Å². The fraction of sp³-hybridized carbons (Fsp3) is 0.0833. The van der Waals surface area contributed by atoms with Gasteiger partial charge in [0.15, 0.2) is 11.5 Å². The number of carbonyl (C=O) groups is 2. The highest BCUT2D eigenvalue weighted by Gasteiger charge is 2.21. The quantitative estimate of drug-likeness (QED) is 0.306. The van der Waals surface area contributed by atoms with E-state index in [0.717, 1.165) is 0 Å². The van der Waals surface area contributed by atoms with E-state index in [2.05, 4.69) is 10.6 Å². The molecule has 0 spiro atoms. The molecule has 3 aromatic carbocycles. The van der Waals surface area contributed by atoms with E-state index in [-0.39, 0.29) is 28.4 Å². The molecule has 0 atom stereocenters. The number of ether oxygens (including phenoxy) is 2. The zero-order valence-corrected chi connectivity index (χ0v) is 17.9. The highest BCUT2D eigenvalue weighted by molar-refractivity contribution is 6.10. The van der Waals surface area contributed by atoms with Gasteiger partial charge in [0.2, 0.25) is 0 Å². The Hall–Kier alpha value is -4.66. The van der Waals surface area contributed by atoms with E-state index >= 15 is 0 Å². The van der Waals surface area contributed by atoms with E-state index in [1.54, 1.807) is 60.7 Å². The number of methoxy groups -OCH3 is 2. The largest absolute Gasteiger partial charge is 0.493 e. The van der Waals surface area contributed by atoms with Crippen LogP contribution < -0.4 is 20.1 Å². The van der Waals surface area contributed by atoms with E-state index in [1.807, 2.05) is 0 Å². The van der Waals surface area contributed by atoms with Crippen molar-refractivity contribution in [3.8, 4) is 11.5 Å². The summed E-state index contributed by atoms with van der Waals surface area (Å²) in [6, 6.07) is 19.4. The lowest BCUT2D eigenvalue weighted by Gasteiger charge is -2.13. The molecule has 0 aliphatic rings. The van der Waals surface area contributed by atoms with Gasteiger partial charge in [-0.3, -0.25) is 19.7 Å². The van der Waals surface area contributed by atoms with Crippen molar-refractivity contribution in [2.45, 2.75) is 0 Å². The Bertz CT molecular complexity index is 1190. The topological polar surface area (TPSA) is 120 Å². The van der Waals surface area contributed by atoms with E-state index in [9.17, 15) is 19.7 Å². The number of benzene rings is 3. The lowest BCUT2D eigenvalue weighted by Crippen LogP contribution is -2.30. The molecule has 0 heterocycles. The summed E-state index contributed by atoms with van der Waals surface area (Å²) in [5.74, 6) is -0.820. The van der Waals surface area contributed by atoms with Crippen molar-refractivity contribution in [1.29, 1.82) is 0 Å². The van der Waals surface area contributed by atoms with E-state index in [0.29, 0.717) is 11.3 Å². The van der Waals surface area contributed by atoms with Crippen LogP contribution in [0.4, 0.5) is 11.4 Å². The minimum Gasteiger partial charge on any atom is -0.493 e. The zero-order chi connectivity index (χ0) is 23.8. The average molecular weight is 447 g/mol. The molecule has 2 amide bonds. The number of nitrogens with zero attached hydrogens (tertiary/aromatic N) is 1. The Kier molecular flexibility index (Phi) is 7.38. The second-order valence-electron chi connectivity index (χ2n) is 6.72. The third-order valence-corrected chi connectivity index (χ3v) is 4.59. The Labute approximate surface area is 189 Å². The van der Waals surface area contributed by atoms with Gasteiger partial charge in [-0.1, -0.05) is 36.4 Å². The number of rotatable bonds is 8. The van der Waals surface area contributed by atoms with Crippen molar-refractivity contribution < 1.29 is 24.0 Å². The molecule has 3 aromatic rings. The van der Waals surface area contributed by atoms with E-state index < -0.39 is 16.7 Å². The molecule has 0 unspecified atom stereocenters. The Morgan fingerprint density at radius 3 is 2.06 bits per heavy atom. The highest BCUT2D eigenvalue weighted by atomic mass is 16.6. The van der Waals surface area contributed by atoms with Gasteiger partial charge in [-0.05, 0) is 36.4 Å². The first-order valence-electron chi connectivity index (χ1n) is 9.78. The molecule has 0 radical (unpaired) electrons. The first kappa shape index (κ1) is 23.0. The predicted molar refractivity (Wildman–Crippen MR) is 123 cm³/mol. The molecule has 0 bridgehead atoms. The monoisotopic (exact) mass is 447 g/mol. The fourth-order valence-corrected chi connectivity index (χ4v) is 2.98. The number of nitrogens with one attached hydrogen (secondary N) is 2. The van der Waals surface area contributed by atoms with Gasteiger partial charge in [0.05, 0.1) is 30.8 Å². The standard InChI is InChI=1S/C24H21N3O6/c1-32-21-14-17(20(27(30)31)15-22(21)33-2)13-19(24(29)25-18-11-7-4-8-12-18)26-23(28)16-9-5-3-6-10-16/h3-15H,1-2H3,(H,25,29)(H,26,28)/b19-13-. The fourth-order valence-electron chi connectivity index (χ4n) is 2.98. The summed E-state index contributed by atoms with van der Waals surface area (Å²) in [5, 5.41) is 16.9. The molecule has 168 valence electrons. The average Bonchev–Trinajstić information content (AvgIpc) is 2.84. The summed E-state index contributed by atoms with van der Waals surface area (Å²) in [6.07, 6.45) is 1.22. The van der Waals surface area contributed by atoms with Crippen molar-refractivity contribution in [3.05, 3.63) is 99.7 Å². The molecule has 0 saturated carbocycles. The predicted octanol–water partition coefficient (Wildman–Crippen LogP) is 4.02. The van der Waals surface area contributed by atoms with Gasteiger partial charge in [0.1, 0.15) is 5.70 Å². The number of anilines is 1. The Morgan fingerprint density at radius 2 is 1.48 bits per heavy atom. The van der Waals surface area contributed by atoms with Crippen LogP contribution in [0.2, 0.25) is 0 Å². The smallest absolute Gasteiger partial charge is 0.280 e. The maximum Gasteiger partial charge on any atom is 0.280 e. The van der Waals surface area contributed by atoms with Gasteiger partial charge in [0, 0.05) is 11.3 Å². The molecular formula is C24H21N3O6. The number of carbonyl (C=O) groups excluding carboxylic acids is 2. The summed E-state index contributed by atoms with van der Waals surface area (Å²) < 4.78 is 10.4. The first-order chi connectivity index (χ1) is 15.9. The van der Waals surface area contributed by atoms with Gasteiger partial charge in [0.25, 0.3) is 17.5 Å². The van der Waals surface area contributed by atoms with E-state index in [4.69, 9.17) is 9.47 Å². The molecule has 0 fully saturated rings. The number of amides is 2. The van der Waals surface area contributed by atoms with Gasteiger partial charge in [-0.25, -0.2) is 0 Å². The second kappa shape index (κ2) is 10.6. The summed E-state index contributed by atoms with van der Waals surface area (Å²) in [5.41, 5.74) is 0.334. The van der Waals surface area contributed by atoms with Crippen LogP contribution in [0, 0.1) is 10.1 Å². The summed E-state index contributed by atoms with van der Waals surface area (Å²) >= 11 is 0. The van der Waals surface area contributed by atoms with Gasteiger partial charge in [-0.15, -0.1) is 0 Å². The molecule has 33 heavy (non-hydrogen) atoms. The Morgan fingerprint density at radius 1 is 0.909 bits per heavy atom. The molecule has 0 aliphatic carbocycles. The third kappa shape index (κ3) is 5.73. The van der Waals surface area contributed by atoms with E-state index in [1.165, 1.54) is 32.4 Å². The highest BCUT2D eigenvalue weighted by Crippen LogP contribution is 2.35. The summed E-state index contributed by atoms with van der Waals surface area (Å²) in [4.78, 5) is 36.8. The van der Waals surface area contributed by atoms with Crippen LogP contribution in [-0.2, 0) is 4.79 Å². The maximum atomic E-state index is 13.0. The number of hydrogen-bond donors (Lipinski definition) is 2.